The molecule has 1 atom stereocenters. The average Bonchev–Trinajstić information content (AvgIpc) is 2.84. The lowest BCUT2D eigenvalue weighted by molar-refractivity contribution is 0.148. The lowest BCUT2D eigenvalue weighted by atomic mass is 10.0. The minimum atomic E-state index is -0.130. The van der Waals surface area contributed by atoms with Crippen molar-refractivity contribution in [2.45, 2.75) is 39.3 Å². The molecule has 1 unspecified atom stereocenters. The summed E-state index contributed by atoms with van der Waals surface area (Å²) in [6.45, 7) is 15.4. The summed E-state index contributed by atoms with van der Waals surface area (Å²) in [7, 11) is 0. The van der Waals surface area contributed by atoms with Gasteiger partial charge in [0, 0.05) is 35.4 Å². The van der Waals surface area contributed by atoms with E-state index in [9.17, 15) is 0 Å². The zero-order chi connectivity index (χ0) is 23.5. The first-order chi connectivity index (χ1) is 15.9. The SMILES string of the molecule is C=C(CCCC)N1CCN(C(=C)c2ccc3c(Cl)c(C)c(-c4ccccc4)nc3c2)C(N)C1. The number of rotatable bonds is 7. The van der Waals surface area contributed by atoms with E-state index >= 15 is 0 Å². The van der Waals surface area contributed by atoms with Crippen LogP contribution < -0.4 is 5.73 Å². The van der Waals surface area contributed by atoms with Crippen LogP contribution in [0, 0.1) is 6.92 Å². The third-order valence-corrected chi connectivity index (χ3v) is 7.05. The van der Waals surface area contributed by atoms with Crippen LogP contribution >= 0.6 is 11.6 Å². The van der Waals surface area contributed by atoms with Gasteiger partial charge in [0.25, 0.3) is 0 Å². The Morgan fingerprint density at radius 3 is 2.61 bits per heavy atom. The largest absolute Gasteiger partial charge is 0.370 e. The number of piperazine rings is 1. The molecule has 1 aliphatic heterocycles. The molecule has 0 amide bonds. The van der Waals surface area contributed by atoms with E-state index in [4.69, 9.17) is 22.3 Å². The van der Waals surface area contributed by atoms with Gasteiger partial charge in [-0.1, -0.05) is 80.6 Å². The summed E-state index contributed by atoms with van der Waals surface area (Å²) in [5.41, 5.74) is 13.5. The summed E-state index contributed by atoms with van der Waals surface area (Å²) < 4.78 is 0. The number of hydrogen-bond acceptors (Lipinski definition) is 4. The van der Waals surface area contributed by atoms with Gasteiger partial charge in [-0.15, -0.1) is 0 Å². The third kappa shape index (κ3) is 4.78. The Morgan fingerprint density at radius 1 is 1.15 bits per heavy atom. The number of benzene rings is 2. The lowest BCUT2D eigenvalue weighted by Gasteiger charge is -2.43. The van der Waals surface area contributed by atoms with Crippen LogP contribution in [0.15, 0.2) is 67.4 Å². The molecule has 4 rings (SSSR count). The predicted octanol–water partition coefficient (Wildman–Crippen LogP) is 6.44. The van der Waals surface area contributed by atoms with E-state index in [1.807, 2.05) is 31.2 Å². The molecule has 0 spiro atoms. The molecule has 3 aromatic rings. The maximum Gasteiger partial charge on any atom is 0.0949 e. The standard InChI is InChI=1S/C28H33ClN4/c1-5-6-10-19(2)32-15-16-33(26(30)18-32)21(4)23-13-14-24-25(17-23)31-28(20(3)27(24)29)22-11-8-7-9-12-22/h7-9,11-14,17,26H,2,4-6,10,15-16,18,30H2,1,3H3. The number of unbranched alkanes of at least 4 members (excludes halogenated alkanes) is 1. The van der Waals surface area contributed by atoms with E-state index in [1.165, 1.54) is 12.1 Å². The van der Waals surface area contributed by atoms with Crippen molar-refractivity contribution in [1.82, 2.24) is 14.8 Å². The maximum atomic E-state index is 6.76. The summed E-state index contributed by atoms with van der Waals surface area (Å²) in [5.74, 6) is 0. The number of halogens is 1. The Balaban J connectivity index is 1.59. The zero-order valence-electron chi connectivity index (χ0n) is 19.6. The van der Waals surface area contributed by atoms with Gasteiger partial charge in [-0.3, -0.25) is 0 Å². The van der Waals surface area contributed by atoms with Gasteiger partial charge in [0.05, 0.1) is 28.9 Å². The molecule has 2 heterocycles. The third-order valence-electron chi connectivity index (χ3n) is 6.56. The number of aromatic nitrogens is 1. The lowest BCUT2D eigenvalue weighted by Crippen LogP contribution is -2.55. The van der Waals surface area contributed by atoms with Crippen molar-refractivity contribution >= 4 is 28.2 Å². The van der Waals surface area contributed by atoms with Crippen molar-refractivity contribution in [1.29, 1.82) is 0 Å². The molecule has 4 nitrogen and oxygen atoms in total. The number of nitrogens with zero attached hydrogens (tertiary/aromatic N) is 3. The highest BCUT2D eigenvalue weighted by Crippen LogP contribution is 2.34. The number of hydrogen-bond donors (Lipinski definition) is 1. The van der Waals surface area contributed by atoms with Gasteiger partial charge in [-0.25, -0.2) is 4.98 Å². The fourth-order valence-electron chi connectivity index (χ4n) is 4.51. The molecule has 0 aliphatic carbocycles. The van der Waals surface area contributed by atoms with Gasteiger partial charge >= 0.3 is 0 Å². The molecular formula is C28H33ClN4. The summed E-state index contributed by atoms with van der Waals surface area (Å²) in [4.78, 5) is 9.49. The van der Waals surface area contributed by atoms with E-state index in [0.29, 0.717) is 0 Å². The Kier molecular flexibility index (Phi) is 7.06. The molecule has 33 heavy (non-hydrogen) atoms. The van der Waals surface area contributed by atoms with Crippen molar-refractivity contribution < 1.29 is 0 Å². The van der Waals surface area contributed by atoms with Gasteiger partial charge in [-0.05, 0) is 37.0 Å². The van der Waals surface area contributed by atoms with Crippen LogP contribution in [0.25, 0.3) is 27.9 Å². The van der Waals surface area contributed by atoms with Crippen LogP contribution in [0.4, 0.5) is 0 Å². The Labute approximate surface area is 202 Å². The molecule has 0 bridgehead atoms. The van der Waals surface area contributed by atoms with Crippen molar-refractivity contribution in [3.63, 3.8) is 0 Å². The summed E-state index contributed by atoms with van der Waals surface area (Å²) in [6, 6.07) is 16.4. The molecule has 0 radical (unpaired) electrons. The molecule has 1 aromatic heterocycles. The minimum Gasteiger partial charge on any atom is -0.370 e. The van der Waals surface area contributed by atoms with Crippen molar-refractivity contribution in [2.24, 2.45) is 5.73 Å². The normalized spacial score (nSPS) is 16.3. The molecule has 0 saturated carbocycles. The molecule has 2 aromatic carbocycles. The maximum absolute atomic E-state index is 6.76. The van der Waals surface area contributed by atoms with Crippen molar-refractivity contribution in [2.75, 3.05) is 19.6 Å². The fourth-order valence-corrected chi connectivity index (χ4v) is 4.76. The van der Waals surface area contributed by atoms with E-state index in [1.54, 1.807) is 0 Å². The molecule has 172 valence electrons. The molecule has 1 fully saturated rings. The van der Waals surface area contributed by atoms with Crippen LogP contribution in [-0.4, -0.2) is 40.6 Å². The zero-order valence-corrected chi connectivity index (χ0v) is 20.4. The van der Waals surface area contributed by atoms with Gasteiger partial charge in [0.15, 0.2) is 0 Å². The predicted molar refractivity (Wildman–Crippen MR) is 141 cm³/mol. The van der Waals surface area contributed by atoms with Crippen LogP contribution in [-0.2, 0) is 0 Å². The Bertz CT molecular complexity index is 1170. The topological polar surface area (TPSA) is 45.4 Å². The van der Waals surface area contributed by atoms with Gasteiger partial charge in [0.1, 0.15) is 0 Å². The summed E-state index contributed by atoms with van der Waals surface area (Å²) in [6.07, 6.45) is 3.24. The Morgan fingerprint density at radius 2 is 1.91 bits per heavy atom. The highest BCUT2D eigenvalue weighted by molar-refractivity contribution is 6.36. The number of pyridine rings is 1. The fraction of sp³-hybridized carbons (Fsp3) is 0.321. The van der Waals surface area contributed by atoms with Crippen molar-refractivity contribution in [3.05, 3.63) is 83.5 Å². The average molecular weight is 461 g/mol. The van der Waals surface area contributed by atoms with E-state index in [-0.39, 0.29) is 6.17 Å². The molecule has 1 aliphatic rings. The van der Waals surface area contributed by atoms with Crippen LogP contribution in [0.2, 0.25) is 5.02 Å². The van der Waals surface area contributed by atoms with Crippen LogP contribution in [0.5, 0.6) is 0 Å². The molecule has 2 N–H and O–H groups in total. The van der Waals surface area contributed by atoms with Gasteiger partial charge in [0.2, 0.25) is 0 Å². The highest BCUT2D eigenvalue weighted by Gasteiger charge is 2.26. The Hall–Kier alpha value is -2.82. The second kappa shape index (κ2) is 9.98. The van der Waals surface area contributed by atoms with Crippen LogP contribution in [0.1, 0.15) is 37.3 Å². The second-order valence-corrected chi connectivity index (χ2v) is 9.20. The first-order valence-electron chi connectivity index (χ1n) is 11.7. The minimum absolute atomic E-state index is 0.130. The summed E-state index contributed by atoms with van der Waals surface area (Å²) >= 11 is 6.76. The molecular weight excluding hydrogens is 428 g/mol. The van der Waals surface area contributed by atoms with Gasteiger partial charge < -0.3 is 15.5 Å². The van der Waals surface area contributed by atoms with Gasteiger partial charge in [-0.2, -0.15) is 0 Å². The van der Waals surface area contributed by atoms with E-state index in [0.717, 1.165) is 76.5 Å². The number of allylic oxidation sites excluding steroid dienone is 1. The quantitative estimate of drug-likeness (QED) is 0.440. The molecule has 1 saturated heterocycles. The van der Waals surface area contributed by atoms with E-state index < -0.39 is 0 Å². The first kappa shape index (κ1) is 23.3. The first-order valence-corrected chi connectivity index (χ1v) is 12.1. The second-order valence-electron chi connectivity index (χ2n) is 8.82. The van der Waals surface area contributed by atoms with E-state index in [2.05, 4.69) is 54.1 Å². The van der Waals surface area contributed by atoms with Crippen LogP contribution in [0.3, 0.4) is 0 Å². The summed E-state index contributed by atoms with van der Waals surface area (Å²) in [5, 5.41) is 1.69. The number of fused-ring (bicyclic) bond motifs is 1. The number of nitrogens with two attached hydrogens (primary N) is 1. The van der Waals surface area contributed by atoms with Crippen molar-refractivity contribution in [3.8, 4) is 11.3 Å². The molecule has 5 heteroatoms. The smallest absolute Gasteiger partial charge is 0.0949 e. The highest BCUT2D eigenvalue weighted by atomic mass is 35.5. The monoisotopic (exact) mass is 460 g/mol.